The molecule has 1 spiro atoms. The second-order valence-electron chi connectivity index (χ2n) is 8.41. The number of halogens is 1. The average Bonchev–Trinajstić information content (AvgIpc) is 3.19. The predicted octanol–water partition coefficient (Wildman–Crippen LogP) is 4.39. The number of aryl methyl sites for hydroxylation is 1. The van der Waals surface area contributed by atoms with Gasteiger partial charge < -0.3 is 14.6 Å². The van der Waals surface area contributed by atoms with Gasteiger partial charge in [0.05, 0.1) is 24.5 Å². The van der Waals surface area contributed by atoms with Crippen LogP contribution in [0.4, 0.5) is 10.1 Å². The van der Waals surface area contributed by atoms with Crippen LogP contribution in [0.1, 0.15) is 63.9 Å². The molecule has 3 rings (SSSR count). The molecule has 178 valence electrons. The van der Waals surface area contributed by atoms with Crippen molar-refractivity contribution < 1.29 is 32.2 Å². The minimum absolute atomic E-state index is 0.0431. The van der Waals surface area contributed by atoms with Crippen molar-refractivity contribution in [2.24, 2.45) is 0 Å². The van der Waals surface area contributed by atoms with Crippen LogP contribution in [-0.4, -0.2) is 43.7 Å². The van der Waals surface area contributed by atoms with Crippen LogP contribution in [0.3, 0.4) is 0 Å². The zero-order valence-electron chi connectivity index (χ0n) is 18.4. The number of unbranched alkanes of at least 4 members (excludes halogenated alkanes) is 5. The van der Waals surface area contributed by atoms with Crippen molar-refractivity contribution in [1.82, 2.24) is 0 Å². The van der Waals surface area contributed by atoms with E-state index in [1.807, 2.05) is 0 Å². The molecule has 1 saturated heterocycles. The number of sulfonamides is 1. The summed E-state index contributed by atoms with van der Waals surface area (Å²) in [5, 5.41) is 8.40. The molecule has 2 aliphatic rings. The minimum Gasteiger partial charge on any atom is -0.478 e. The summed E-state index contributed by atoms with van der Waals surface area (Å²) in [5.74, 6) is -2.93. The lowest BCUT2D eigenvalue weighted by Gasteiger charge is -2.32. The van der Waals surface area contributed by atoms with Crippen molar-refractivity contribution in [3.8, 4) is 0 Å². The molecule has 7 nitrogen and oxygen atoms in total. The first-order chi connectivity index (χ1) is 15.3. The minimum atomic E-state index is -4.09. The summed E-state index contributed by atoms with van der Waals surface area (Å²) >= 11 is 0. The molecule has 1 aliphatic heterocycles. The number of hydrogen-bond donors (Lipinski definition) is 2. The fourth-order valence-electron chi connectivity index (χ4n) is 4.30. The summed E-state index contributed by atoms with van der Waals surface area (Å²) in [5.41, 5.74) is 0.586. The standard InChI is InChI=1S/C23H32FNO6S/c1-2-3-4-5-6-7-8-17-15-18(24)9-10-20(17)25-32(28,29)21-11-12-23(30-13-14-31-23)16-19(21)22(26)27/h9-10,15-16,21,25H,2-8,11-14H2,1H3,(H,26,27). The highest BCUT2D eigenvalue weighted by Crippen LogP contribution is 2.37. The molecule has 2 N–H and O–H groups in total. The Bertz CT molecular complexity index is 940. The highest BCUT2D eigenvalue weighted by molar-refractivity contribution is 7.93. The Morgan fingerprint density at radius 3 is 2.56 bits per heavy atom. The van der Waals surface area contributed by atoms with Gasteiger partial charge in [-0.05, 0) is 49.1 Å². The Morgan fingerprint density at radius 2 is 1.88 bits per heavy atom. The van der Waals surface area contributed by atoms with Crippen LogP contribution in [0, 0.1) is 5.82 Å². The molecule has 1 aromatic rings. The molecule has 1 atom stereocenters. The average molecular weight is 470 g/mol. The molecule has 32 heavy (non-hydrogen) atoms. The summed E-state index contributed by atoms with van der Waals surface area (Å²) in [6.07, 6.45) is 8.49. The number of carbonyl (C=O) groups is 1. The Morgan fingerprint density at radius 1 is 1.19 bits per heavy atom. The highest BCUT2D eigenvalue weighted by Gasteiger charge is 2.45. The third kappa shape index (κ3) is 6.08. The molecule has 0 bridgehead atoms. The van der Waals surface area contributed by atoms with Crippen molar-refractivity contribution >= 4 is 21.7 Å². The second-order valence-corrected chi connectivity index (χ2v) is 10.3. The molecular weight excluding hydrogens is 437 g/mol. The van der Waals surface area contributed by atoms with Gasteiger partial charge in [-0.15, -0.1) is 0 Å². The van der Waals surface area contributed by atoms with E-state index in [-0.39, 0.29) is 18.4 Å². The summed E-state index contributed by atoms with van der Waals surface area (Å²) in [6.45, 7) is 2.81. The maximum Gasteiger partial charge on any atom is 0.332 e. The Balaban J connectivity index is 1.75. The molecule has 0 saturated carbocycles. The SMILES string of the molecule is CCCCCCCCc1cc(F)ccc1NS(=O)(=O)C1CCC2(C=C1C(=O)O)OCCO2. The number of carboxylic acids is 1. The Labute approximate surface area is 189 Å². The topological polar surface area (TPSA) is 102 Å². The number of ether oxygens (including phenoxy) is 2. The largest absolute Gasteiger partial charge is 0.478 e. The van der Waals surface area contributed by atoms with E-state index in [9.17, 15) is 22.7 Å². The molecule has 1 aliphatic carbocycles. The van der Waals surface area contributed by atoms with E-state index in [0.29, 0.717) is 30.9 Å². The van der Waals surface area contributed by atoms with E-state index in [4.69, 9.17) is 9.47 Å². The van der Waals surface area contributed by atoms with E-state index in [2.05, 4.69) is 11.6 Å². The smallest absolute Gasteiger partial charge is 0.332 e. The molecule has 1 aromatic carbocycles. The van der Waals surface area contributed by atoms with Gasteiger partial charge in [0, 0.05) is 6.42 Å². The van der Waals surface area contributed by atoms with Crippen molar-refractivity contribution in [3.63, 3.8) is 0 Å². The van der Waals surface area contributed by atoms with Crippen molar-refractivity contribution in [2.45, 2.75) is 75.7 Å². The number of benzene rings is 1. The van der Waals surface area contributed by atoms with Crippen molar-refractivity contribution in [2.75, 3.05) is 17.9 Å². The van der Waals surface area contributed by atoms with Gasteiger partial charge in [-0.25, -0.2) is 17.6 Å². The van der Waals surface area contributed by atoms with Gasteiger partial charge in [0.25, 0.3) is 0 Å². The summed E-state index contributed by atoms with van der Waals surface area (Å²) in [6, 6.07) is 3.94. The third-order valence-corrected chi connectivity index (χ3v) is 7.74. The summed E-state index contributed by atoms with van der Waals surface area (Å²) < 4.78 is 53.8. The first-order valence-corrected chi connectivity index (χ1v) is 12.8. The van der Waals surface area contributed by atoms with Gasteiger partial charge in [-0.3, -0.25) is 4.72 Å². The fraction of sp³-hybridized carbons (Fsp3) is 0.609. The van der Waals surface area contributed by atoms with Gasteiger partial charge in [0.15, 0.2) is 5.79 Å². The van der Waals surface area contributed by atoms with Gasteiger partial charge in [-0.2, -0.15) is 0 Å². The number of rotatable bonds is 11. The second kappa shape index (κ2) is 10.8. The van der Waals surface area contributed by atoms with Crippen molar-refractivity contribution in [1.29, 1.82) is 0 Å². The summed E-state index contributed by atoms with van der Waals surface area (Å²) in [4.78, 5) is 11.8. The number of nitrogens with one attached hydrogen (secondary N) is 1. The van der Waals surface area contributed by atoms with Crippen molar-refractivity contribution in [3.05, 3.63) is 41.2 Å². The molecule has 0 radical (unpaired) electrons. The van der Waals surface area contributed by atoms with E-state index in [1.54, 1.807) is 0 Å². The Kier molecular flexibility index (Phi) is 8.30. The number of carboxylic acid groups (broad SMARTS) is 1. The number of hydrogen-bond acceptors (Lipinski definition) is 5. The van der Waals surface area contributed by atoms with Crippen LogP contribution in [0.5, 0.6) is 0 Å². The lowest BCUT2D eigenvalue weighted by atomic mass is 9.94. The zero-order chi connectivity index (χ0) is 23.2. The molecule has 9 heteroatoms. The Hall–Kier alpha value is -1.97. The molecular formula is C23H32FNO6S. The first-order valence-electron chi connectivity index (χ1n) is 11.3. The normalized spacial score (nSPS) is 20.3. The lowest BCUT2D eigenvalue weighted by molar-refractivity contribution is -0.138. The molecule has 1 heterocycles. The van der Waals surface area contributed by atoms with E-state index in [0.717, 1.165) is 32.1 Å². The maximum atomic E-state index is 13.9. The van der Waals surface area contributed by atoms with Gasteiger partial charge in [0.1, 0.15) is 11.1 Å². The monoisotopic (exact) mass is 469 g/mol. The highest BCUT2D eigenvalue weighted by atomic mass is 32.2. The van der Waals surface area contributed by atoms with Crippen LogP contribution in [0.25, 0.3) is 0 Å². The van der Waals surface area contributed by atoms with E-state index >= 15 is 0 Å². The molecule has 1 unspecified atom stereocenters. The molecule has 0 amide bonds. The van der Waals surface area contributed by atoms with Crippen LogP contribution in [0.2, 0.25) is 0 Å². The van der Waals surface area contributed by atoms with Crippen LogP contribution < -0.4 is 4.72 Å². The van der Waals surface area contributed by atoms with Gasteiger partial charge >= 0.3 is 5.97 Å². The van der Waals surface area contributed by atoms with Gasteiger partial charge in [0.2, 0.25) is 10.0 Å². The van der Waals surface area contributed by atoms with E-state index in [1.165, 1.54) is 30.7 Å². The van der Waals surface area contributed by atoms with Crippen LogP contribution >= 0.6 is 0 Å². The quantitative estimate of drug-likeness (QED) is 0.466. The lowest BCUT2D eigenvalue weighted by Crippen LogP contribution is -2.42. The van der Waals surface area contributed by atoms with Gasteiger partial charge in [-0.1, -0.05) is 39.0 Å². The first kappa shape index (κ1) is 24.7. The predicted molar refractivity (Wildman–Crippen MR) is 119 cm³/mol. The van der Waals surface area contributed by atoms with E-state index < -0.39 is 32.8 Å². The van der Waals surface area contributed by atoms with Crippen LogP contribution in [-0.2, 0) is 30.7 Å². The number of aliphatic carboxylic acids is 1. The molecule has 1 fully saturated rings. The molecule has 0 aromatic heterocycles. The maximum absolute atomic E-state index is 13.9. The number of anilines is 1. The van der Waals surface area contributed by atoms with Crippen LogP contribution in [0.15, 0.2) is 29.8 Å². The zero-order valence-corrected chi connectivity index (χ0v) is 19.3. The fourth-order valence-corrected chi connectivity index (χ4v) is 5.88. The summed E-state index contributed by atoms with van der Waals surface area (Å²) in [7, 11) is -4.09. The third-order valence-electron chi connectivity index (χ3n) is 5.99.